The molecule has 112 valence electrons. The predicted octanol–water partition coefficient (Wildman–Crippen LogP) is 0.785. The number of carbonyl (C=O) groups is 2. The van der Waals surface area contributed by atoms with Crippen LogP contribution >= 0.6 is 0 Å². The number of ether oxygens (including phenoxy) is 1. The molecule has 3 atom stereocenters. The van der Waals surface area contributed by atoms with Gasteiger partial charge in [-0.1, -0.05) is 13.8 Å². The quantitative estimate of drug-likeness (QED) is 0.828. The number of rotatable bonds is 4. The Labute approximate surface area is 120 Å². The Kier molecular flexibility index (Phi) is 3.71. The zero-order valence-electron chi connectivity index (χ0n) is 12.3. The molecule has 3 aliphatic rings. The van der Waals surface area contributed by atoms with Crippen molar-refractivity contribution in [2.45, 2.75) is 45.2 Å². The molecule has 20 heavy (non-hydrogen) atoms. The minimum Gasteiger partial charge on any atom is -0.381 e. The van der Waals surface area contributed by atoms with Gasteiger partial charge in [-0.25, -0.2) is 0 Å². The molecule has 2 heterocycles. The van der Waals surface area contributed by atoms with Crippen molar-refractivity contribution in [3.63, 3.8) is 0 Å². The second-order valence-electron chi connectivity index (χ2n) is 6.73. The van der Waals surface area contributed by atoms with Crippen molar-refractivity contribution in [2.75, 3.05) is 19.8 Å². The van der Waals surface area contributed by atoms with Crippen molar-refractivity contribution in [1.29, 1.82) is 0 Å². The molecule has 3 fully saturated rings. The first kappa shape index (κ1) is 13.9. The molecule has 5 heteroatoms. The first-order valence-electron chi connectivity index (χ1n) is 7.76. The maximum Gasteiger partial charge on any atom is 0.246 e. The summed E-state index contributed by atoms with van der Waals surface area (Å²) >= 11 is 0. The maximum atomic E-state index is 12.7. The van der Waals surface area contributed by atoms with E-state index in [-0.39, 0.29) is 29.8 Å². The van der Waals surface area contributed by atoms with E-state index >= 15 is 0 Å². The summed E-state index contributed by atoms with van der Waals surface area (Å²) < 4.78 is 5.40. The SMILES string of the molecule is CC(C)C1C(=O)NC(C2CC2)C(=O)N1CC1CCOC1. The lowest BCUT2D eigenvalue weighted by molar-refractivity contribution is -0.152. The molecule has 3 unspecified atom stereocenters. The molecule has 2 aliphatic heterocycles. The zero-order chi connectivity index (χ0) is 14.3. The van der Waals surface area contributed by atoms with Gasteiger partial charge in [-0.2, -0.15) is 0 Å². The molecule has 0 radical (unpaired) electrons. The summed E-state index contributed by atoms with van der Waals surface area (Å²) in [5.41, 5.74) is 0. The van der Waals surface area contributed by atoms with Gasteiger partial charge in [0.25, 0.3) is 0 Å². The van der Waals surface area contributed by atoms with E-state index in [9.17, 15) is 9.59 Å². The minimum absolute atomic E-state index is 0.0235. The first-order chi connectivity index (χ1) is 9.58. The highest BCUT2D eigenvalue weighted by Crippen LogP contribution is 2.36. The largest absolute Gasteiger partial charge is 0.381 e. The highest BCUT2D eigenvalue weighted by Gasteiger charge is 2.48. The van der Waals surface area contributed by atoms with Crippen molar-refractivity contribution < 1.29 is 14.3 Å². The third kappa shape index (κ3) is 2.55. The van der Waals surface area contributed by atoms with Crippen LogP contribution in [0.25, 0.3) is 0 Å². The Balaban J connectivity index is 1.78. The molecule has 0 aromatic rings. The van der Waals surface area contributed by atoms with Gasteiger partial charge in [0.05, 0.1) is 6.61 Å². The maximum absolute atomic E-state index is 12.7. The number of hydrogen-bond acceptors (Lipinski definition) is 3. The van der Waals surface area contributed by atoms with E-state index in [1.165, 1.54) is 0 Å². The number of hydrogen-bond donors (Lipinski definition) is 1. The molecular weight excluding hydrogens is 256 g/mol. The second-order valence-corrected chi connectivity index (χ2v) is 6.73. The van der Waals surface area contributed by atoms with E-state index in [0.29, 0.717) is 25.0 Å². The smallest absolute Gasteiger partial charge is 0.246 e. The normalized spacial score (nSPS) is 34.8. The van der Waals surface area contributed by atoms with E-state index in [1.54, 1.807) is 0 Å². The van der Waals surface area contributed by atoms with Crippen LogP contribution in [0.1, 0.15) is 33.1 Å². The summed E-state index contributed by atoms with van der Waals surface area (Å²) in [7, 11) is 0. The number of piperazine rings is 1. The summed E-state index contributed by atoms with van der Waals surface area (Å²) in [6, 6.07) is -0.599. The van der Waals surface area contributed by atoms with E-state index in [0.717, 1.165) is 25.9 Å². The van der Waals surface area contributed by atoms with Crippen molar-refractivity contribution in [1.82, 2.24) is 10.2 Å². The Hall–Kier alpha value is -1.10. The summed E-state index contributed by atoms with van der Waals surface area (Å²) in [6.45, 7) is 6.17. The number of amides is 2. The lowest BCUT2D eigenvalue weighted by atomic mass is 9.94. The topological polar surface area (TPSA) is 58.6 Å². The minimum atomic E-state index is -0.321. The highest BCUT2D eigenvalue weighted by atomic mass is 16.5. The molecule has 0 aromatic carbocycles. The Morgan fingerprint density at radius 2 is 2.05 bits per heavy atom. The summed E-state index contributed by atoms with van der Waals surface area (Å²) in [5, 5.41) is 2.95. The predicted molar refractivity (Wildman–Crippen MR) is 73.9 cm³/mol. The van der Waals surface area contributed by atoms with Crippen LogP contribution in [0.15, 0.2) is 0 Å². The first-order valence-corrected chi connectivity index (χ1v) is 7.76. The summed E-state index contributed by atoms with van der Waals surface area (Å²) in [6.07, 6.45) is 3.11. The van der Waals surface area contributed by atoms with Gasteiger partial charge in [-0.15, -0.1) is 0 Å². The molecule has 0 bridgehead atoms. The molecule has 1 aliphatic carbocycles. The Bertz CT molecular complexity index is 400. The van der Waals surface area contributed by atoms with Crippen LogP contribution in [-0.4, -0.2) is 48.6 Å². The molecule has 1 saturated carbocycles. The van der Waals surface area contributed by atoms with Crippen LogP contribution < -0.4 is 5.32 Å². The molecule has 1 N–H and O–H groups in total. The molecular formula is C15H24N2O3. The van der Waals surface area contributed by atoms with Crippen LogP contribution in [0.3, 0.4) is 0 Å². The Morgan fingerprint density at radius 1 is 1.30 bits per heavy atom. The van der Waals surface area contributed by atoms with Gasteiger partial charge < -0.3 is 15.0 Å². The van der Waals surface area contributed by atoms with Crippen molar-refractivity contribution in [2.24, 2.45) is 17.8 Å². The lowest BCUT2D eigenvalue weighted by Gasteiger charge is -2.42. The van der Waals surface area contributed by atoms with Crippen molar-refractivity contribution in [3.8, 4) is 0 Å². The molecule has 2 saturated heterocycles. The van der Waals surface area contributed by atoms with E-state index in [1.807, 2.05) is 18.7 Å². The van der Waals surface area contributed by atoms with Crippen LogP contribution in [0, 0.1) is 17.8 Å². The molecule has 0 spiro atoms. The van der Waals surface area contributed by atoms with Gasteiger partial charge in [0.2, 0.25) is 11.8 Å². The van der Waals surface area contributed by atoms with Gasteiger partial charge in [-0.3, -0.25) is 9.59 Å². The van der Waals surface area contributed by atoms with Crippen LogP contribution in [0.2, 0.25) is 0 Å². The van der Waals surface area contributed by atoms with Crippen molar-refractivity contribution >= 4 is 11.8 Å². The third-order valence-corrected chi connectivity index (χ3v) is 4.66. The van der Waals surface area contributed by atoms with Gasteiger partial charge in [0, 0.05) is 19.1 Å². The summed E-state index contributed by atoms with van der Waals surface area (Å²) in [4.78, 5) is 26.9. The van der Waals surface area contributed by atoms with E-state index in [4.69, 9.17) is 4.74 Å². The summed E-state index contributed by atoms with van der Waals surface area (Å²) in [5.74, 6) is 1.03. The number of nitrogens with zero attached hydrogens (tertiary/aromatic N) is 1. The standard InChI is InChI=1S/C15H24N2O3/c1-9(2)13-14(18)16-12(11-3-4-11)15(19)17(13)7-10-5-6-20-8-10/h9-13H,3-8H2,1-2H3,(H,16,18). The third-order valence-electron chi connectivity index (χ3n) is 4.66. The number of nitrogens with one attached hydrogen (secondary N) is 1. The average Bonchev–Trinajstić information content (AvgIpc) is 3.11. The highest BCUT2D eigenvalue weighted by molar-refractivity contribution is 5.97. The van der Waals surface area contributed by atoms with E-state index < -0.39 is 0 Å². The van der Waals surface area contributed by atoms with Gasteiger partial charge in [0.15, 0.2) is 0 Å². The Morgan fingerprint density at radius 3 is 2.60 bits per heavy atom. The van der Waals surface area contributed by atoms with Gasteiger partial charge >= 0.3 is 0 Å². The monoisotopic (exact) mass is 280 g/mol. The lowest BCUT2D eigenvalue weighted by Crippen LogP contribution is -2.66. The molecule has 2 amide bonds. The van der Waals surface area contributed by atoms with Crippen LogP contribution in [0.5, 0.6) is 0 Å². The average molecular weight is 280 g/mol. The van der Waals surface area contributed by atoms with Gasteiger partial charge in [-0.05, 0) is 31.1 Å². The zero-order valence-corrected chi connectivity index (χ0v) is 12.3. The fourth-order valence-corrected chi connectivity index (χ4v) is 3.38. The molecule has 5 nitrogen and oxygen atoms in total. The molecule has 0 aromatic heterocycles. The van der Waals surface area contributed by atoms with E-state index in [2.05, 4.69) is 5.32 Å². The van der Waals surface area contributed by atoms with Crippen LogP contribution in [0.4, 0.5) is 0 Å². The second kappa shape index (κ2) is 5.35. The van der Waals surface area contributed by atoms with Crippen molar-refractivity contribution in [3.05, 3.63) is 0 Å². The fraction of sp³-hybridized carbons (Fsp3) is 0.867. The number of carbonyl (C=O) groups excluding carboxylic acids is 2. The molecule has 3 rings (SSSR count). The van der Waals surface area contributed by atoms with Crippen LogP contribution in [-0.2, 0) is 14.3 Å². The van der Waals surface area contributed by atoms with Gasteiger partial charge in [0.1, 0.15) is 12.1 Å². The fourth-order valence-electron chi connectivity index (χ4n) is 3.38.